The SMILES string of the molecule is C=CCOc1cc2c(cc1C/C=C\c1cc(OC)c(OC)c(OC)c1)OCO2. The number of hydrogen-bond donors (Lipinski definition) is 0. The molecular weight excluding hydrogens is 360 g/mol. The van der Waals surface area contributed by atoms with Gasteiger partial charge in [-0.2, -0.15) is 0 Å². The molecule has 6 nitrogen and oxygen atoms in total. The molecule has 148 valence electrons. The Labute approximate surface area is 164 Å². The van der Waals surface area contributed by atoms with E-state index in [-0.39, 0.29) is 6.79 Å². The second kappa shape index (κ2) is 9.08. The molecule has 28 heavy (non-hydrogen) atoms. The maximum atomic E-state index is 5.77. The number of fused-ring (bicyclic) bond motifs is 1. The molecule has 0 bridgehead atoms. The van der Waals surface area contributed by atoms with Crippen LogP contribution in [-0.4, -0.2) is 34.7 Å². The van der Waals surface area contributed by atoms with E-state index in [1.807, 2.05) is 36.4 Å². The zero-order chi connectivity index (χ0) is 19.9. The molecule has 0 spiro atoms. The van der Waals surface area contributed by atoms with E-state index in [0.717, 1.165) is 22.6 Å². The van der Waals surface area contributed by atoms with Crippen molar-refractivity contribution in [3.05, 3.63) is 54.1 Å². The topological polar surface area (TPSA) is 55.4 Å². The van der Waals surface area contributed by atoms with Crippen molar-refractivity contribution in [2.24, 2.45) is 0 Å². The Morgan fingerprint density at radius 2 is 1.61 bits per heavy atom. The first kappa shape index (κ1) is 19.5. The van der Waals surface area contributed by atoms with Crippen LogP contribution in [0.2, 0.25) is 0 Å². The lowest BCUT2D eigenvalue weighted by molar-refractivity contribution is 0.174. The minimum Gasteiger partial charge on any atom is -0.493 e. The van der Waals surface area contributed by atoms with E-state index in [9.17, 15) is 0 Å². The number of rotatable bonds is 9. The molecule has 0 fully saturated rings. The lowest BCUT2D eigenvalue weighted by Crippen LogP contribution is -1.97. The van der Waals surface area contributed by atoms with E-state index < -0.39 is 0 Å². The predicted molar refractivity (Wildman–Crippen MR) is 107 cm³/mol. The van der Waals surface area contributed by atoms with Gasteiger partial charge in [-0.3, -0.25) is 0 Å². The van der Waals surface area contributed by atoms with Gasteiger partial charge >= 0.3 is 0 Å². The van der Waals surface area contributed by atoms with E-state index in [1.54, 1.807) is 27.4 Å². The zero-order valence-corrected chi connectivity index (χ0v) is 16.3. The third-order valence-corrected chi connectivity index (χ3v) is 4.25. The van der Waals surface area contributed by atoms with Crippen LogP contribution in [0.25, 0.3) is 6.08 Å². The van der Waals surface area contributed by atoms with Gasteiger partial charge in [-0.1, -0.05) is 24.8 Å². The van der Waals surface area contributed by atoms with Crippen molar-refractivity contribution in [3.63, 3.8) is 0 Å². The van der Waals surface area contributed by atoms with Gasteiger partial charge in [0.25, 0.3) is 0 Å². The summed E-state index contributed by atoms with van der Waals surface area (Å²) in [7, 11) is 4.78. The molecule has 3 rings (SSSR count). The Morgan fingerprint density at radius 1 is 0.929 bits per heavy atom. The highest BCUT2D eigenvalue weighted by Gasteiger charge is 2.17. The van der Waals surface area contributed by atoms with Crippen molar-refractivity contribution in [3.8, 4) is 34.5 Å². The van der Waals surface area contributed by atoms with Crippen LogP contribution in [0.1, 0.15) is 11.1 Å². The molecule has 0 aromatic heterocycles. The van der Waals surface area contributed by atoms with Crippen molar-refractivity contribution in [2.75, 3.05) is 34.7 Å². The first-order chi connectivity index (χ1) is 13.7. The Hall–Kier alpha value is -3.28. The summed E-state index contributed by atoms with van der Waals surface area (Å²) in [4.78, 5) is 0. The highest BCUT2D eigenvalue weighted by Crippen LogP contribution is 2.40. The summed E-state index contributed by atoms with van der Waals surface area (Å²) in [6, 6.07) is 7.59. The number of benzene rings is 2. The largest absolute Gasteiger partial charge is 0.493 e. The van der Waals surface area contributed by atoms with E-state index in [1.165, 1.54) is 0 Å². The van der Waals surface area contributed by atoms with Crippen molar-refractivity contribution < 1.29 is 28.4 Å². The van der Waals surface area contributed by atoms with Gasteiger partial charge in [-0.25, -0.2) is 0 Å². The summed E-state index contributed by atoms with van der Waals surface area (Å²) < 4.78 is 32.8. The summed E-state index contributed by atoms with van der Waals surface area (Å²) >= 11 is 0. The van der Waals surface area contributed by atoms with Crippen molar-refractivity contribution in [2.45, 2.75) is 6.42 Å². The van der Waals surface area contributed by atoms with Crippen LogP contribution in [0.3, 0.4) is 0 Å². The molecule has 0 saturated heterocycles. The van der Waals surface area contributed by atoms with Gasteiger partial charge in [-0.15, -0.1) is 0 Å². The molecule has 2 aromatic carbocycles. The monoisotopic (exact) mass is 384 g/mol. The van der Waals surface area contributed by atoms with Gasteiger partial charge in [0.05, 0.1) is 21.3 Å². The highest BCUT2D eigenvalue weighted by molar-refractivity contribution is 5.62. The molecule has 1 heterocycles. The van der Waals surface area contributed by atoms with E-state index in [2.05, 4.69) is 6.58 Å². The molecule has 1 aliphatic heterocycles. The average molecular weight is 384 g/mol. The third-order valence-electron chi connectivity index (χ3n) is 4.25. The third kappa shape index (κ3) is 4.17. The van der Waals surface area contributed by atoms with Crippen LogP contribution >= 0.6 is 0 Å². The van der Waals surface area contributed by atoms with E-state index in [4.69, 9.17) is 28.4 Å². The van der Waals surface area contributed by atoms with Crippen LogP contribution in [0.15, 0.2) is 43.0 Å². The lowest BCUT2D eigenvalue weighted by atomic mass is 10.1. The maximum absolute atomic E-state index is 5.77. The zero-order valence-electron chi connectivity index (χ0n) is 16.3. The van der Waals surface area contributed by atoms with Gasteiger partial charge < -0.3 is 28.4 Å². The minimum atomic E-state index is 0.223. The van der Waals surface area contributed by atoms with Gasteiger partial charge in [0.2, 0.25) is 12.5 Å². The second-order valence-corrected chi connectivity index (χ2v) is 5.98. The smallest absolute Gasteiger partial charge is 0.231 e. The average Bonchev–Trinajstić information content (AvgIpc) is 3.18. The number of allylic oxidation sites excluding steroid dienone is 1. The van der Waals surface area contributed by atoms with Crippen LogP contribution < -0.4 is 28.4 Å². The van der Waals surface area contributed by atoms with E-state index >= 15 is 0 Å². The van der Waals surface area contributed by atoms with Gasteiger partial charge in [0.15, 0.2) is 23.0 Å². The number of hydrogen-bond acceptors (Lipinski definition) is 6. The number of methoxy groups -OCH3 is 3. The van der Waals surface area contributed by atoms with Crippen molar-refractivity contribution in [1.82, 2.24) is 0 Å². The molecule has 0 amide bonds. The second-order valence-electron chi connectivity index (χ2n) is 5.98. The lowest BCUT2D eigenvalue weighted by Gasteiger charge is -2.13. The Bertz CT molecular complexity index is 847. The Morgan fingerprint density at radius 3 is 2.21 bits per heavy atom. The molecule has 0 radical (unpaired) electrons. The Kier molecular flexibility index (Phi) is 6.32. The molecule has 0 atom stereocenters. The molecule has 0 saturated carbocycles. The summed E-state index contributed by atoms with van der Waals surface area (Å²) in [5, 5.41) is 0. The number of ether oxygens (including phenoxy) is 6. The molecule has 0 N–H and O–H groups in total. The first-order valence-electron chi connectivity index (χ1n) is 8.83. The van der Waals surface area contributed by atoms with Crippen LogP contribution in [0.5, 0.6) is 34.5 Å². The highest BCUT2D eigenvalue weighted by atomic mass is 16.7. The summed E-state index contributed by atoms with van der Waals surface area (Å²) in [6.45, 7) is 4.34. The van der Waals surface area contributed by atoms with Gasteiger partial charge in [0, 0.05) is 11.6 Å². The molecule has 1 aliphatic rings. The fraction of sp³-hybridized carbons (Fsp3) is 0.273. The molecule has 2 aromatic rings. The van der Waals surface area contributed by atoms with Crippen molar-refractivity contribution in [1.29, 1.82) is 0 Å². The summed E-state index contributed by atoms with van der Waals surface area (Å²) in [5.41, 5.74) is 1.93. The molecule has 6 heteroatoms. The maximum Gasteiger partial charge on any atom is 0.231 e. The molecule has 0 unspecified atom stereocenters. The fourth-order valence-electron chi connectivity index (χ4n) is 2.93. The van der Waals surface area contributed by atoms with E-state index in [0.29, 0.717) is 36.0 Å². The van der Waals surface area contributed by atoms with Crippen LogP contribution in [0, 0.1) is 0 Å². The summed E-state index contributed by atoms with van der Waals surface area (Å²) in [5.74, 6) is 3.95. The minimum absolute atomic E-state index is 0.223. The quantitative estimate of drug-likeness (QED) is 0.602. The molecular formula is C22H24O6. The van der Waals surface area contributed by atoms with Crippen LogP contribution in [0.4, 0.5) is 0 Å². The van der Waals surface area contributed by atoms with Crippen LogP contribution in [-0.2, 0) is 6.42 Å². The Balaban J connectivity index is 1.83. The normalized spacial score (nSPS) is 12.1. The standard InChI is InChI=1S/C22H24O6/c1-5-9-26-17-13-19-18(27-14-28-19)12-16(17)8-6-7-15-10-20(23-2)22(25-4)21(11-15)24-3/h5-7,10-13H,1,8-9,14H2,2-4H3/b7-6-. The predicted octanol–water partition coefficient (Wildman–Crippen LogP) is 4.26. The van der Waals surface area contributed by atoms with Gasteiger partial charge in [0.1, 0.15) is 12.4 Å². The summed E-state index contributed by atoms with van der Waals surface area (Å²) in [6.07, 6.45) is 6.39. The van der Waals surface area contributed by atoms with Gasteiger partial charge in [-0.05, 0) is 30.2 Å². The fourth-order valence-corrected chi connectivity index (χ4v) is 2.93. The van der Waals surface area contributed by atoms with Crippen molar-refractivity contribution >= 4 is 6.08 Å². The molecule has 0 aliphatic carbocycles. The first-order valence-corrected chi connectivity index (χ1v) is 8.83.